The van der Waals surface area contributed by atoms with Gasteiger partial charge in [0.05, 0.1) is 18.0 Å². The Balaban J connectivity index is 1.87. The van der Waals surface area contributed by atoms with E-state index in [0.717, 1.165) is 23.1 Å². The highest BCUT2D eigenvalue weighted by Crippen LogP contribution is 2.36. The van der Waals surface area contributed by atoms with E-state index in [1.54, 1.807) is 13.0 Å². The van der Waals surface area contributed by atoms with Gasteiger partial charge in [-0.3, -0.25) is 9.78 Å². The van der Waals surface area contributed by atoms with Crippen LogP contribution in [0.3, 0.4) is 0 Å². The molecular weight excluding hydrogens is 391 g/mol. The number of hydrogen-bond acceptors (Lipinski definition) is 5. The van der Waals surface area contributed by atoms with Crippen molar-refractivity contribution in [3.05, 3.63) is 59.3 Å². The van der Waals surface area contributed by atoms with Crippen molar-refractivity contribution in [2.45, 2.75) is 26.9 Å². The molecule has 0 saturated heterocycles. The van der Waals surface area contributed by atoms with E-state index in [1.165, 1.54) is 24.5 Å². The van der Waals surface area contributed by atoms with E-state index in [2.05, 4.69) is 15.3 Å². The molecule has 0 unspecified atom stereocenters. The number of carbonyl (C=O) groups excluding carboxylic acids is 1. The molecule has 1 N–H and O–H groups in total. The summed E-state index contributed by atoms with van der Waals surface area (Å²) in [6, 6.07) is 4.49. The fraction of sp³-hybridized carbons (Fsp3) is 0.211. The number of ether oxygens (including phenoxy) is 1. The molecule has 0 aliphatic heterocycles. The summed E-state index contributed by atoms with van der Waals surface area (Å²) in [4.78, 5) is 20.0. The molecule has 0 atom stereocenters. The lowest BCUT2D eigenvalue weighted by Gasteiger charge is -2.16. The third-order valence-corrected chi connectivity index (χ3v) is 4.75. The number of carbonyl (C=O) groups is 1. The van der Waals surface area contributed by atoms with Crippen molar-refractivity contribution < 1.29 is 22.7 Å². The maximum atomic E-state index is 13.7. The predicted octanol–water partition coefficient (Wildman–Crippen LogP) is 5.20. The topological polar surface area (TPSA) is 64.1 Å². The highest BCUT2D eigenvalue weighted by Gasteiger charge is 2.25. The third-order valence-electron chi connectivity index (χ3n) is 3.80. The number of halogens is 3. The first-order valence-electron chi connectivity index (χ1n) is 8.19. The molecule has 0 aliphatic carbocycles. The Morgan fingerprint density at radius 3 is 2.64 bits per heavy atom. The van der Waals surface area contributed by atoms with Crippen LogP contribution in [-0.4, -0.2) is 22.0 Å². The molecular formula is C19H16F3N3O2S. The molecule has 3 rings (SSSR count). The van der Waals surface area contributed by atoms with Crippen molar-refractivity contribution in [1.82, 2.24) is 9.97 Å². The van der Waals surface area contributed by atoms with Gasteiger partial charge in [-0.15, -0.1) is 0 Å². The van der Waals surface area contributed by atoms with Gasteiger partial charge in [0.1, 0.15) is 15.8 Å². The summed E-state index contributed by atoms with van der Waals surface area (Å²) in [6.07, 6.45) is 0.379. The van der Waals surface area contributed by atoms with E-state index in [0.29, 0.717) is 28.1 Å². The van der Waals surface area contributed by atoms with E-state index < -0.39 is 17.8 Å². The van der Waals surface area contributed by atoms with Crippen LogP contribution in [0, 0.1) is 19.7 Å². The molecule has 0 aliphatic rings. The minimum atomic E-state index is -3.31. The zero-order valence-corrected chi connectivity index (χ0v) is 16.0. The smallest absolute Gasteiger partial charge is 0.394 e. The fourth-order valence-electron chi connectivity index (χ4n) is 2.56. The summed E-state index contributed by atoms with van der Waals surface area (Å²) in [6.45, 7) is 4.16. The first-order chi connectivity index (χ1) is 13.1. The largest absolute Gasteiger partial charge is 0.432 e. The lowest BCUT2D eigenvalue weighted by atomic mass is 10.1. The van der Waals surface area contributed by atoms with Gasteiger partial charge < -0.3 is 10.1 Å². The molecule has 3 aromatic rings. The number of nitrogens with one attached hydrogen (secondary N) is 1. The number of benzene rings is 1. The standard InChI is InChI=1S/C19H16F3N3O2S/c1-10-6-11(2)15(27-19(3,21)22)7-13(10)18-24-9-16(28-18)25-17(26)12-4-5-23-8-14(12)20/h4-9H,1-3H3,(H,25,26). The number of aromatic nitrogens is 2. The maximum Gasteiger partial charge on any atom is 0.394 e. The monoisotopic (exact) mass is 407 g/mol. The van der Waals surface area contributed by atoms with Gasteiger partial charge in [-0.1, -0.05) is 17.4 Å². The van der Waals surface area contributed by atoms with Gasteiger partial charge in [-0.05, 0) is 37.1 Å². The molecule has 2 aromatic heterocycles. The van der Waals surface area contributed by atoms with Crippen molar-refractivity contribution in [3.8, 4) is 16.3 Å². The number of pyridine rings is 1. The van der Waals surface area contributed by atoms with Crippen LogP contribution in [0.2, 0.25) is 0 Å². The normalized spacial score (nSPS) is 11.4. The van der Waals surface area contributed by atoms with Crippen molar-refractivity contribution in [1.29, 1.82) is 0 Å². The summed E-state index contributed by atoms with van der Waals surface area (Å²) in [5, 5.41) is 3.47. The highest BCUT2D eigenvalue weighted by molar-refractivity contribution is 7.19. The van der Waals surface area contributed by atoms with Crippen LogP contribution in [0.15, 0.2) is 36.8 Å². The Morgan fingerprint density at radius 1 is 1.21 bits per heavy atom. The lowest BCUT2D eigenvalue weighted by Crippen LogP contribution is -2.19. The Morgan fingerprint density at radius 2 is 1.96 bits per heavy atom. The zero-order chi connectivity index (χ0) is 20.5. The van der Waals surface area contributed by atoms with Crippen molar-refractivity contribution in [2.75, 3.05) is 5.32 Å². The predicted molar refractivity (Wildman–Crippen MR) is 100 cm³/mol. The fourth-order valence-corrected chi connectivity index (χ4v) is 3.45. The van der Waals surface area contributed by atoms with Gasteiger partial charge in [0.2, 0.25) is 0 Å². The van der Waals surface area contributed by atoms with Crippen LogP contribution in [-0.2, 0) is 0 Å². The Hall–Kier alpha value is -2.94. The summed E-state index contributed by atoms with van der Waals surface area (Å²) in [5.41, 5.74) is 1.85. The number of alkyl halides is 2. The average Bonchev–Trinajstić information content (AvgIpc) is 3.04. The summed E-state index contributed by atoms with van der Waals surface area (Å²) in [5.74, 6) is -1.32. The Kier molecular flexibility index (Phi) is 5.37. The van der Waals surface area contributed by atoms with Crippen molar-refractivity contribution in [2.24, 2.45) is 0 Å². The van der Waals surface area contributed by atoms with Crippen LogP contribution in [0.5, 0.6) is 5.75 Å². The second-order valence-corrected chi connectivity index (χ2v) is 7.21. The molecule has 2 heterocycles. The molecule has 0 bridgehead atoms. The van der Waals surface area contributed by atoms with E-state index in [4.69, 9.17) is 4.74 Å². The number of thiazole rings is 1. The number of amides is 1. The second kappa shape index (κ2) is 7.59. The van der Waals surface area contributed by atoms with Crippen LogP contribution >= 0.6 is 11.3 Å². The second-order valence-electron chi connectivity index (χ2n) is 6.18. The molecule has 0 spiro atoms. The number of rotatable bonds is 5. The van der Waals surface area contributed by atoms with Gasteiger partial charge >= 0.3 is 6.11 Å². The SMILES string of the molecule is Cc1cc(C)c(-c2ncc(NC(=O)c3ccncc3F)s2)cc1OC(C)(F)F. The third kappa shape index (κ3) is 4.48. The molecule has 9 heteroatoms. The van der Waals surface area contributed by atoms with Gasteiger partial charge in [-0.25, -0.2) is 9.37 Å². The van der Waals surface area contributed by atoms with E-state index in [1.807, 2.05) is 6.92 Å². The molecule has 1 aromatic carbocycles. The Labute approximate surface area is 163 Å². The number of hydrogen-bond donors (Lipinski definition) is 1. The van der Waals surface area contributed by atoms with Crippen LogP contribution in [0.25, 0.3) is 10.6 Å². The quantitative estimate of drug-likeness (QED) is 0.631. The van der Waals surface area contributed by atoms with Crippen LogP contribution in [0.4, 0.5) is 18.2 Å². The minimum Gasteiger partial charge on any atom is -0.432 e. The van der Waals surface area contributed by atoms with E-state index in [9.17, 15) is 18.0 Å². The number of anilines is 1. The van der Waals surface area contributed by atoms with Gasteiger partial charge in [0, 0.05) is 18.7 Å². The zero-order valence-electron chi connectivity index (χ0n) is 15.2. The van der Waals surface area contributed by atoms with E-state index >= 15 is 0 Å². The van der Waals surface area contributed by atoms with Crippen LogP contribution < -0.4 is 10.1 Å². The molecule has 146 valence electrons. The summed E-state index contributed by atoms with van der Waals surface area (Å²) >= 11 is 1.14. The van der Waals surface area contributed by atoms with Crippen molar-refractivity contribution in [3.63, 3.8) is 0 Å². The average molecular weight is 407 g/mol. The first-order valence-corrected chi connectivity index (χ1v) is 9.01. The first kappa shape index (κ1) is 19.8. The van der Waals surface area contributed by atoms with Crippen LogP contribution in [0.1, 0.15) is 28.4 Å². The highest BCUT2D eigenvalue weighted by atomic mass is 32.1. The molecule has 5 nitrogen and oxygen atoms in total. The molecule has 0 fully saturated rings. The lowest BCUT2D eigenvalue weighted by molar-refractivity contribution is -0.159. The maximum absolute atomic E-state index is 13.7. The summed E-state index contributed by atoms with van der Waals surface area (Å²) in [7, 11) is 0. The molecule has 1 amide bonds. The van der Waals surface area contributed by atoms with Gasteiger partial charge in [0.15, 0.2) is 5.82 Å². The molecule has 0 saturated carbocycles. The van der Waals surface area contributed by atoms with E-state index in [-0.39, 0.29) is 11.3 Å². The van der Waals surface area contributed by atoms with Crippen molar-refractivity contribution >= 4 is 22.2 Å². The number of nitrogens with zero attached hydrogens (tertiary/aromatic N) is 2. The Bertz CT molecular complexity index is 1030. The van der Waals surface area contributed by atoms with Gasteiger partial charge in [0.25, 0.3) is 5.91 Å². The summed E-state index contributed by atoms with van der Waals surface area (Å²) < 4.78 is 44.9. The number of aryl methyl sites for hydroxylation is 2. The van der Waals surface area contributed by atoms with Gasteiger partial charge in [-0.2, -0.15) is 8.78 Å². The molecule has 0 radical (unpaired) electrons. The minimum absolute atomic E-state index is 0.0488. The molecule has 28 heavy (non-hydrogen) atoms.